The lowest BCUT2D eigenvalue weighted by Gasteiger charge is -1.91. The summed E-state index contributed by atoms with van der Waals surface area (Å²) in [6.07, 6.45) is 1.01. The number of hydrogen-bond acceptors (Lipinski definition) is 1. The van der Waals surface area contributed by atoms with Crippen molar-refractivity contribution in [2.24, 2.45) is 0 Å². The highest BCUT2D eigenvalue weighted by atomic mass is 79.9. The third kappa shape index (κ3) is 2.27. The average Bonchev–Trinajstić information content (AvgIpc) is 2.13. The summed E-state index contributed by atoms with van der Waals surface area (Å²) in [6.45, 7) is 5.90. The van der Waals surface area contributed by atoms with Crippen LogP contribution >= 0.6 is 27.3 Å². The summed E-state index contributed by atoms with van der Waals surface area (Å²) in [4.78, 5) is 1.37. The van der Waals surface area contributed by atoms with Crippen molar-refractivity contribution in [1.82, 2.24) is 0 Å². The van der Waals surface area contributed by atoms with Crippen LogP contribution in [0.3, 0.4) is 0 Å². The van der Waals surface area contributed by atoms with Crippen LogP contribution in [0.25, 0.3) is 0 Å². The Morgan fingerprint density at radius 2 is 2.40 bits per heavy atom. The fourth-order valence-electron chi connectivity index (χ4n) is 0.744. The van der Waals surface area contributed by atoms with Gasteiger partial charge in [-0.15, -0.1) is 11.3 Å². The molecule has 0 aliphatic rings. The first-order valence-electron chi connectivity index (χ1n) is 3.07. The zero-order chi connectivity index (χ0) is 7.56. The molecule has 54 valence electrons. The van der Waals surface area contributed by atoms with E-state index in [1.807, 2.05) is 6.92 Å². The SMILES string of the molecule is C=C(C)Cc1ccc(Br)s1. The molecule has 10 heavy (non-hydrogen) atoms. The fourth-order valence-corrected chi connectivity index (χ4v) is 2.34. The molecule has 0 saturated carbocycles. The van der Waals surface area contributed by atoms with Gasteiger partial charge in [-0.3, -0.25) is 0 Å². The van der Waals surface area contributed by atoms with Gasteiger partial charge in [-0.25, -0.2) is 0 Å². The van der Waals surface area contributed by atoms with E-state index < -0.39 is 0 Å². The summed E-state index contributed by atoms with van der Waals surface area (Å²) in [7, 11) is 0. The zero-order valence-corrected chi connectivity index (χ0v) is 8.26. The van der Waals surface area contributed by atoms with Crippen LogP contribution in [0.15, 0.2) is 28.1 Å². The van der Waals surface area contributed by atoms with Crippen LogP contribution in [0.4, 0.5) is 0 Å². The molecular formula is C8H9BrS. The van der Waals surface area contributed by atoms with Crippen LogP contribution in [-0.4, -0.2) is 0 Å². The molecule has 0 fully saturated rings. The van der Waals surface area contributed by atoms with Crippen molar-refractivity contribution in [1.29, 1.82) is 0 Å². The smallest absolute Gasteiger partial charge is 0.0701 e. The maximum Gasteiger partial charge on any atom is 0.0701 e. The summed E-state index contributed by atoms with van der Waals surface area (Å²) < 4.78 is 1.20. The maximum absolute atomic E-state index is 3.85. The van der Waals surface area contributed by atoms with Crippen LogP contribution in [-0.2, 0) is 6.42 Å². The lowest BCUT2D eigenvalue weighted by molar-refractivity contribution is 1.20. The number of hydrogen-bond donors (Lipinski definition) is 0. The van der Waals surface area contributed by atoms with Gasteiger partial charge in [0, 0.05) is 11.3 Å². The minimum Gasteiger partial charge on any atom is -0.133 e. The lowest BCUT2D eigenvalue weighted by Crippen LogP contribution is -1.77. The van der Waals surface area contributed by atoms with E-state index in [9.17, 15) is 0 Å². The molecule has 1 rings (SSSR count). The molecule has 1 aromatic heterocycles. The Hall–Kier alpha value is -0.0800. The molecule has 0 saturated heterocycles. The molecule has 0 nitrogen and oxygen atoms in total. The number of thiophene rings is 1. The Bertz CT molecular complexity index is 237. The van der Waals surface area contributed by atoms with Gasteiger partial charge in [0.1, 0.15) is 0 Å². The molecule has 0 bridgehead atoms. The van der Waals surface area contributed by atoms with Gasteiger partial charge in [-0.2, -0.15) is 0 Å². The second kappa shape index (κ2) is 3.35. The van der Waals surface area contributed by atoms with Gasteiger partial charge in [0.2, 0.25) is 0 Å². The topological polar surface area (TPSA) is 0 Å². The first kappa shape index (κ1) is 8.02. The first-order chi connectivity index (χ1) is 4.68. The van der Waals surface area contributed by atoms with E-state index >= 15 is 0 Å². The molecule has 0 spiro atoms. The second-order valence-corrected chi connectivity index (χ2v) is 4.89. The summed E-state index contributed by atoms with van der Waals surface area (Å²) >= 11 is 5.18. The van der Waals surface area contributed by atoms with E-state index in [0.29, 0.717) is 0 Å². The Kier molecular flexibility index (Phi) is 2.69. The molecule has 1 aromatic rings. The van der Waals surface area contributed by atoms with Crippen molar-refractivity contribution in [2.75, 3.05) is 0 Å². The normalized spacial score (nSPS) is 9.80. The molecule has 0 aliphatic heterocycles. The van der Waals surface area contributed by atoms with E-state index in [2.05, 4.69) is 34.6 Å². The third-order valence-electron chi connectivity index (χ3n) is 1.10. The van der Waals surface area contributed by atoms with E-state index in [0.717, 1.165) is 6.42 Å². The number of allylic oxidation sites excluding steroid dienone is 1. The fraction of sp³-hybridized carbons (Fsp3) is 0.250. The Labute approximate surface area is 73.7 Å². The van der Waals surface area contributed by atoms with Crippen molar-refractivity contribution in [3.8, 4) is 0 Å². The molecule has 0 aliphatic carbocycles. The minimum absolute atomic E-state index is 1.01. The number of rotatable bonds is 2. The summed E-state index contributed by atoms with van der Waals surface area (Å²) in [5.41, 5.74) is 1.22. The van der Waals surface area contributed by atoms with Gasteiger partial charge in [-0.1, -0.05) is 12.2 Å². The van der Waals surface area contributed by atoms with Crippen molar-refractivity contribution < 1.29 is 0 Å². The predicted octanol–water partition coefficient (Wildman–Crippen LogP) is 3.63. The van der Waals surface area contributed by atoms with Gasteiger partial charge in [-0.05, 0) is 35.0 Å². The Morgan fingerprint density at radius 3 is 2.80 bits per heavy atom. The molecule has 1 heterocycles. The van der Waals surface area contributed by atoms with Gasteiger partial charge in [0.25, 0.3) is 0 Å². The van der Waals surface area contributed by atoms with E-state index in [-0.39, 0.29) is 0 Å². The summed E-state index contributed by atoms with van der Waals surface area (Å²) in [5, 5.41) is 0. The van der Waals surface area contributed by atoms with Crippen molar-refractivity contribution in [3.63, 3.8) is 0 Å². The molecular weight excluding hydrogens is 208 g/mol. The third-order valence-corrected chi connectivity index (χ3v) is 2.73. The predicted molar refractivity (Wildman–Crippen MR) is 50.5 cm³/mol. The quantitative estimate of drug-likeness (QED) is 0.663. The van der Waals surface area contributed by atoms with Gasteiger partial charge < -0.3 is 0 Å². The highest BCUT2D eigenvalue weighted by Crippen LogP contribution is 2.23. The average molecular weight is 217 g/mol. The standard InChI is InChI=1S/C8H9BrS/c1-6(2)5-7-3-4-8(9)10-7/h3-4H,1,5H2,2H3. The molecule has 0 aromatic carbocycles. The van der Waals surface area contributed by atoms with E-state index in [1.165, 1.54) is 14.2 Å². The monoisotopic (exact) mass is 216 g/mol. The zero-order valence-electron chi connectivity index (χ0n) is 5.86. The highest BCUT2D eigenvalue weighted by molar-refractivity contribution is 9.11. The van der Waals surface area contributed by atoms with Gasteiger partial charge in [0.05, 0.1) is 3.79 Å². The van der Waals surface area contributed by atoms with E-state index in [4.69, 9.17) is 0 Å². The van der Waals surface area contributed by atoms with Crippen LogP contribution in [0.2, 0.25) is 0 Å². The second-order valence-electron chi connectivity index (χ2n) is 2.34. The van der Waals surface area contributed by atoms with Gasteiger partial charge in [0.15, 0.2) is 0 Å². The summed E-state index contributed by atoms with van der Waals surface area (Å²) in [5.74, 6) is 0. The van der Waals surface area contributed by atoms with Crippen LogP contribution in [0.5, 0.6) is 0 Å². The molecule has 0 amide bonds. The summed E-state index contributed by atoms with van der Waals surface area (Å²) in [6, 6.07) is 4.20. The van der Waals surface area contributed by atoms with Crippen LogP contribution in [0.1, 0.15) is 11.8 Å². The molecule has 0 N–H and O–H groups in total. The Morgan fingerprint density at radius 1 is 1.70 bits per heavy atom. The van der Waals surface area contributed by atoms with Gasteiger partial charge >= 0.3 is 0 Å². The van der Waals surface area contributed by atoms with Crippen molar-refractivity contribution >= 4 is 27.3 Å². The molecule has 0 atom stereocenters. The molecule has 2 heteroatoms. The van der Waals surface area contributed by atoms with E-state index in [1.54, 1.807) is 11.3 Å². The van der Waals surface area contributed by atoms with Crippen molar-refractivity contribution in [2.45, 2.75) is 13.3 Å². The maximum atomic E-state index is 3.85. The highest BCUT2D eigenvalue weighted by Gasteiger charge is 1.96. The minimum atomic E-state index is 1.01. The van der Waals surface area contributed by atoms with Crippen LogP contribution in [0, 0.1) is 0 Å². The number of halogens is 1. The molecule has 0 unspecified atom stereocenters. The largest absolute Gasteiger partial charge is 0.133 e. The van der Waals surface area contributed by atoms with Crippen LogP contribution < -0.4 is 0 Å². The Balaban J connectivity index is 2.67. The van der Waals surface area contributed by atoms with Crippen molar-refractivity contribution in [3.05, 3.63) is 32.9 Å². The lowest BCUT2D eigenvalue weighted by atomic mass is 10.2. The molecule has 0 radical (unpaired) electrons. The first-order valence-corrected chi connectivity index (χ1v) is 4.68.